The number of hydrogen-bond donors (Lipinski definition) is 1. The van der Waals surface area contributed by atoms with Gasteiger partial charge in [-0.2, -0.15) is 10.4 Å². The molecule has 1 N–H and O–H groups in total. The van der Waals surface area contributed by atoms with Gasteiger partial charge in [-0.3, -0.25) is 9.52 Å². The summed E-state index contributed by atoms with van der Waals surface area (Å²) >= 11 is 0. The standard InChI is InChI=1S/C26H31N7O3S/c1-17-7-8-21(30-37(3,35)36)20(12-17)26(34)32-10-5-4-6-23(32)22-13-24-28-25(18(2)15-33(24)29-22)31-11-9-19(14-27)16-31/h7-8,12-13,15,19,23,30H,4-6,9-11,16H2,1-3H3. The molecule has 5 rings (SSSR count). The van der Waals surface area contributed by atoms with Crippen LogP contribution in [0.1, 0.15) is 58.9 Å². The van der Waals surface area contributed by atoms with Gasteiger partial charge < -0.3 is 9.80 Å². The number of amides is 1. The highest BCUT2D eigenvalue weighted by atomic mass is 32.2. The van der Waals surface area contributed by atoms with Crippen LogP contribution >= 0.6 is 0 Å². The van der Waals surface area contributed by atoms with Crippen molar-refractivity contribution in [2.24, 2.45) is 5.92 Å². The van der Waals surface area contributed by atoms with E-state index in [0.717, 1.165) is 61.1 Å². The van der Waals surface area contributed by atoms with Gasteiger partial charge in [0.25, 0.3) is 5.91 Å². The van der Waals surface area contributed by atoms with E-state index in [0.29, 0.717) is 24.3 Å². The number of aryl methyl sites for hydroxylation is 2. The Balaban J connectivity index is 1.48. The van der Waals surface area contributed by atoms with Crippen molar-refractivity contribution in [1.29, 1.82) is 5.26 Å². The topological polar surface area (TPSA) is 124 Å². The molecular weight excluding hydrogens is 490 g/mol. The first kappa shape index (κ1) is 25.0. The maximum Gasteiger partial charge on any atom is 0.256 e. The Morgan fingerprint density at radius 1 is 1.16 bits per heavy atom. The maximum atomic E-state index is 13.8. The number of sulfonamides is 1. The summed E-state index contributed by atoms with van der Waals surface area (Å²) in [5, 5.41) is 14.1. The summed E-state index contributed by atoms with van der Waals surface area (Å²) in [6.07, 6.45) is 6.45. The van der Waals surface area contributed by atoms with E-state index in [4.69, 9.17) is 10.1 Å². The van der Waals surface area contributed by atoms with Crippen molar-refractivity contribution in [3.05, 3.63) is 52.8 Å². The van der Waals surface area contributed by atoms with Crippen LogP contribution in [-0.4, -0.2) is 59.7 Å². The molecule has 2 fully saturated rings. The molecule has 0 radical (unpaired) electrons. The first-order valence-electron chi connectivity index (χ1n) is 12.5. The average Bonchev–Trinajstić information content (AvgIpc) is 3.50. The number of carbonyl (C=O) groups is 1. The van der Waals surface area contributed by atoms with Crippen molar-refractivity contribution in [2.75, 3.05) is 35.5 Å². The van der Waals surface area contributed by atoms with Gasteiger partial charge in [-0.25, -0.2) is 17.9 Å². The molecule has 0 aliphatic carbocycles. The molecule has 2 saturated heterocycles. The molecule has 0 saturated carbocycles. The molecule has 0 bridgehead atoms. The number of anilines is 2. The highest BCUT2D eigenvalue weighted by Gasteiger charge is 2.32. The van der Waals surface area contributed by atoms with E-state index in [-0.39, 0.29) is 23.6 Å². The molecule has 194 valence electrons. The second-order valence-corrected chi connectivity index (χ2v) is 11.9. The predicted octanol–water partition coefficient (Wildman–Crippen LogP) is 3.43. The van der Waals surface area contributed by atoms with E-state index in [1.807, 2.05) is 26.1 Å². The van der Waals surface area contributed by atoms with Crippen LogP contribution in [0.5, 0.6) is 0 Å². The van der Waals surface area contributed by atoms with Crippen LogP contribution in [-0.2, 0) is 10.0 Å². The van der Waals surface area contributed by atoms with Crippen molar-refractivity contribution < 1.29 is 13.2 Å². The zero-order valence-electron chi connectivity index (χ0n) is 21.3. The summed E-state index contributed by atoms with van der Waals surface area (Å²) in [5.41, 5.74) is 3.92. The van der Waals surface area contributed by atoms with Gasteiger partial charge in [0.05, 0.1) is 41.2 Å². The van der Waals surface area contributed by atoms with Gasteiger partial charge in [-0.1, -0.05) is 11.6 Å². The van der Waals surface area contributed by atoms with Crippen molar-refractivity contribution in [2.45, 2.75) is 45.6 Å². The molecule has 10 nitrogen and oxygen atoms in total. The second kappa shape index (κ2) is 9.67. The lowest BCUT2D eigenvalue weighted by Crippen LogP contribution is -2.39. The lowest BCUT2D eigenvalue weighted by Gasteiger charge is -2.35. The lowest BCUT2D eigenvalue weighted by atomic mass is 9.97. The van der Waals surface area contributed by atoms with Gasteiger partial charge in [0, 0.05) is 37.5 Å². The van der Waals surface area contributed by atoms with Crippen molar-refractivity contribution in [3.63, 3.8) is 0 Å². The number of nitrogens with one attached hydrogen (secondary N) is 1. The molecular formula is C26H31N7O3S. The summed E-state index contributed by atoms with van der Waals surface area (Å²) in [4.78, 5) is 22.6. The molecule has 4 heterocycles. The number of piperidine rings is 1. The molecule has 1 aromatic carbocycles. The average molecular weight is 522 g/mol. The maximum absolute atomic E-state index is 13.8. The Morgan fingerprint density at radius 2 is 1.97 bits per heavy atom. The Morgan fingerprint density at radius 3 is 2.70 bits per heavy atom. The van der Waals surface area contributed by atoms with E-state index < -0.39 is 10.0 Å². The fourth-order valence-corrected chi connectivity index (χ4v) is 5.90. The van der Waals surface area contributed by atoms with Crippen molar-refractivity contribution in [3.8, 4) is 6.07 Å². The van der Waals surface area contributed by atoms with E-state index in [1.54, 1.807) is 27.6 Å². The molecule has 2 unspecified atom stereocenters. The SMILES string of the molecule is Cc1ccc(NS(C)(=O)=O)c(C(=O)N2CCCCC2c2cc3nc(N4CCC(C#N)C4)c(C)cn3n2)c1. The van der Waals surface area contributed by atoms with E-state index in [9.17, 15) is 18.5 Å². The van der Waals surface area contributed by atoms with E-state index in [1.165, 1.54) is 0 Å². The van der Waals surface area contributed by atoms with Gasteiger partial charge in [0.15, 0.2) is 5.65 Å². The van der Waals surface area contributed by atoms with Gasteiger partial charge in [0.2, 0.25) is 10.0 Å². The number of hydrogen-bond acceptors (Lipinski definition) is 7. The molecule has 2 atom stereocenters. The van der Waals surface area contributed by atoms with Crippen molar-refractivity contribution in [1.82, 2.24) is 19.5 Å². The zero-order valence-corrected chi connectivity index (χ0v) is 22.1. The highest BCUT2D eigenvalue weighted by Crippen LogP contribution is 2.34. The van der Waals surface area contributed by atoms with Crippen LogP contribution in [0, 0.1) is 31.1 Å². The van der Waals surface area contributed by atoms with Crippen LogP contribution in [0.3, 0.4) is 0 Å². The van der Waals surface area contributed by atoms with E-state index >= 15 is 0 Å². The Labute approximate surface area is 216 Å². The molecule has 2 aliphatic rings. The van der Waals surface area contributed by atoms with E-state index in [2.05, 4.69) is 15.7 Å². The lowest BCUT2D eigenvalue weighted by molar-refractivity contribution is 0.0606. The van der Waals surface area contributed by atoms with Crippen LogP contribution in [0.15, 0.2) is 30.5 Å². The van der Waals surface area contributed by atoms with Crippen LogP contribution in [0.25, 0.3) is 5.65 Å². The zero-order chi connectivity index (χ0) is 26.3. The molecule has 11 heteroatoms. The number of benzene rings is 1. The van der Waals surface area contributed by atoms with Gasteiger partial charge in [-0.15, -0.1) is 0 Å². The number of carbonyl (C=O) groups excluding carboxylic acids is 1. The normalized spacial score (nSPS) is 20.3. The smallest absolute Gasteiger partial charge is 0.256 e. The number of nitrogens with zero attached hydrogens (tertiary/aromatic N) is 6. The summed E-state index contributed by atoms with van der Waals surface area (Å²) < 4.78 is 28.1. The molecule has 3 aromatic rings. The predicted molar refractivity (Wildman–Crippen MR) is 141 cm³/mol. The van der Waals surface area contributed by atoms with Crippen LogP contribution < -0.4 is 9.62 Å². The number of nitriles is 1. The van der Waals surface area contributed by atoms with Gasteiger partial charge in [-0.05, 0) is 51.7 Å². The molecule has 0 spiro atoms. The minimum atomic E-state index is -3.55. The first-order chi connectivity index (χ1) is 17.6. The van der Waals surface area contributed by atoms with Gasteiger partial charge in [0.1, 0.15) is 5.82 Å². The summed E-state index contributed by atoms with van der Waals surface area (Å²) in [6.45, 7) is 5.90. The third-order valence-electron chi connectivity index (χ3n) is 7.10. The fraction of sp³-hybridized carbons (Fsp3) is 0.462. The monoisotopic (exact) mass is 521 g/mol. The molecule has 1 amide bonds. The van der Waals surface area contributed by atoms with Gasteiger partial charge >= 0.3 is 0 Å². The third-order valence-corrected chi connectivity index (χ3v) is 7.69. The number of fused-ring (bicyclic) bond motifs is 1. The van der Waals surface area contributed by atoms with Crippen molar-refractivity contribution >= 4 is 33.1 Å². The minimum absolute atomic E-state index is 0.0170. The largest absolute Gasteiger partial charge is 0.355 e. The minimum Gasteiger partial charge on any atom is -0.355 e. The second-order valence-electron chi connectivity index (χ2n) is 10.1. The molecule has 2 aliphatic heterocycles. The summed E-state index contributed by atoms with van der Waals surface area (Å²) in [6, 6.07) is 9.19. The summed E-state index contributed by atoms with van der Waals surface area (Å²) in [5.74, 6) is 0.661. The number of likely N-dealkylation sites (tertiary alicyclic amines) is 1. The van der Waals surface area contributed by atoms with Crippen LogP contribution in [0.2, 0.25) is 0 Å². The Hall–Kier alpha value is -3.65. The fourth-order valence-electron chi connectivity index (χ4n) is 5.32. The molecule has 2 aromatic heterocycles. The molecule has 37 heavy (non-hydrogen) atoms. The quantitative estimate of drug-likeness (QED) is 0.545. The highest BCUT2D eigenvalue weighted by molar-refractivity contribution is 7.92. The summed E-state index contributed by atoms with van der Waals surface area (Å²) in [7, 11) is -3.55. The van der Waals surface area contributed by atoms with Crippen LogP contribution in [0.4, 0.5) is 11.5 Å². The number of aromatic nitrogens is 3. The Bertz CT molecular complexity index is 1510. The first-order valence-corrected chi connectivity index (χ1v) is 14.4. The Kier molecular flexibility index (Phi) is 6.54. The number of rotatable bonds is 5. The third kappa shape index (κ3) is 5.11.